The van der Waals surface area contributed by atoms with Gasteiger partial charge in [0.05, 0.1) is 5.56 Å². The van der Waals surface area contributed by atoms with Crippen LogP contribution >= 0.6 is 11.3 Å². The molecule has 0 unspecified atom stereocenters. The van der Waals surface area contributed by atoms with Crippen molar-refractivity contribution in [3.8, 4) is 0 Å². The van der Waals surface area contributed by atoms with Crippen molar-refractivity contribution in [2.75, 3.05) is 5.32 Å². The second-order valence-corrected chi connectivity index (χ2v) is 4.36. The quantitative estimate of drug-likeness (QED) is 0.757. The molecule has 2 aromatic rings. The average molecular weight is 265 g/mol. The number of nitrogens with one attached hydrogen (secondary N) is 2. The first-order chi connectivity index (χ1) is 8.61. The fourth-order valence-electron chi connectivity index (χ4n) is 1.31. The maximum absolute atomic E-state index is 11.8. The second kappa shape index (κ2) is 4.96. The van der Waals surface area contributed by atoms with E-state index in [-0.39, 0.29) is 11.4 Å². The molecule has 7 nitrogen and oxygen atoms in total. The number of aromatic nitrogens is 3. The monoisotopic (exact) mass is 265 g/mol. The molecule has 0 bridgehead atoms. The summed E-state index contributed by atoms with van der Waals surface area (Å²) in [6, 6.07) is 1.55. The molecule has 0 aromatic carbocycles. The van der Waals surface area contributed by atoms with Gasteiger partial charge in [-0.1, -0.05) is 6.92 Å². The Kier molecular flexibility index (Phi) is 3.38. The number of primary amides is 1. The number of anilines is 1. The molecule has 8 heteroatoms. The van der Waals surface area contributed by atoms with E-state index in [0.717, 1.165) is 0 Å². The molecule has 0 saturated heterocycles. The van der Waals surface area contributed by atoms with Crippen molar-refractivity contribution in [3.63, 3.8) is 0 Å². The van der Waals surface area contributed by atoms with E-state index in [0.29, 0.717) is 17.2 Å². The Hall–Kier alpha value is -2.22. The van der Waals surface area contributed by atoms with Crippen LogP contribution in [0.3, 0.4) is 0 Å². The fourth-order valence-corrected chi connectivity index (χ4v) is 2.10. The van der Waals surface area contributed by atoms with E-state index in [1.165, 1.54) is 11.3 Å². The van der Waals surface area contributed by atoms with Crippen molar-refractivity contribution in [2.45, 2.75) is 13.3 Å². The number of hydrogen-bond acceptors (Lipinski definition) is 5. The van der Waals surface area contributed by atoms with Crippen LogP contribution in [0.15, 0.2) is 11.4 Å². The topological polar surface area (TPSA) is 114 Å². The van der Waals surface area contributed by atoms with Gasteiger partial charge in [-0.2, -0.15) is 0 Å². The van der Waals surface area contributed by atoms with Crippen LogP contribution in [0, 0.1) is 0 Å². The summed E-state index contributed by atoms with van der Waals surface area (Å²) in [5.74, 6) is -0.399. The zero-order valence-electron chi connectivity index (χ0n) is 9.56. The van der Waals surface area contributed by atoms with E-state index in [1.807, 2.05) is 6.92 Å². The molecule has 0 spiro atoms. The van der Waals surface area contributed by atoms with Crippen LogP contribution in [0.25, 0.3) is 0 Å². The van der Waals surface area contributed by atoms with Gasteiger partial charge in [0, 0.05) is 6.42 Å². The third-order valence-electron chi connectivity index (χ3n) is 2.23. The first-order valence-corrected chi connectivity index (χ1v) is 6.09. The SMILES string of the molecule is CCc1nc(C(=O)Nc2sccc2C(N)=O)n[nH]1. The number of rotatable bonds is 4. The Labute approximate surface area is 106 Å². The van der Waals surface area contributed by atoms with Gasteiger partial charge in [0.25, 0.3) is 11.8 Å². The summed E-state index contributed by atoms with van der Waals surface area (Å²) in [6.07, 6.45) is 0.659. The highest BCUT2D eigenvalue weighted by Crippen LogP contribution is 2.22. The van der Waals surface area contributed by atoms with Gasteiger partial charge in [0.2, 0.25) is 5.82 Å². The molecular weight excluding hydrogens is 254 g/mol. The predicted molar refractivity (Wildman–Crippen MR) is 66.6 cm³/mol. The van der Waals surface area contributed by atoms with Crippen LogP contribution in [0.4, 0.5) is 5.00 Å². The average Bonchev–Trinajstić information content (AvgIpc) is 2.96. The number of thiophene rings is 1. The van der Waals surface area contributed by atoms with Crippen LogP contribution in [0.5, 0.6) is 0 Å². The zero-order valence-corrected chi connectivity index (χ0v) is 10.4. The Bertz CT molecular complexity index is 589. The number of amides is 2. The molecule has 2 amide bonds. The van der Waals surface area contributed by atoms with Crippen molar-refractivity contribution in [1.82, 2.24) is 15.2 Å². The summed E-state index contributed by atoms with van der Waals surface area (Å²) in [4.78, 5) is 26.9. The summed E-state index contributed by atoms with van der Waals surface area (Å²) < 4.78 is 0. The molecule has 0 radical (unpaired) electrons. The Morgan fingerprint density at radius 1 is 1.56 bits per heavy atom. The molecule has 0 atom stereocenters. The molecule has 18 heavy (non-hydrogen) atoms. The molecule has 0 saturated carbocycles. The molecule has 0 aliphatic heterocycles. The van der Waals surface area contributed by atoms with E-state index < -0.39 is 11.8 Å². The van der Waals surface area contributed by atoms with Crippen LogP contribution in [-0.2, 0) is 6.42 Å². The van der Waals surface area contributed by atoms with E-state index in [2.05, 4.69) is 20.5 Å². The Balaban J connectivity index is 2.16. The van der Waals surface area contributed by atoms with Gasteiger partial charge in [0.1, 0.15) is 10.8 Å². The van der Waals surface area contributed by atoms with Gasteiger partial charge in [-0.05, 0) is 11.4 Å². The molecule has 0 fully saturated rings. The number of aryl methyl sites for hydroxylation is 1. The van der Waals surface area contributed by atoms with Crippen molar-refractivity contribution in [3.05, 3.63) is 28.7 Å². The number of nitrogens with zero attached hydrogens (tertiary/aromatic N) is 2. The predicted octanol–water partition coefficient (Wildman–Crippen LogP) is 0.780. The zero-order chi connectivity index (χ0) is 13.1. The van der Waals surface area contributed by atoms with Crippen molar-refractivity contribution in [2.24, 2.45) is 5.73 Å². The summed E-state index contributed by atoms with van der Waals surface area (Å²) in [5, 5.41) is 11.1. The summed E-state index contributed by atoms with van der Waals surface area (Å²) in [5.41, 5.74) is 5.46. The van der Waals surface area contributed by atoms with Gasteiger partial charge in [-0.15, -0.1) is 16.4 Å². The minimum atomic E-state index is -0.587. The molecule has 2 rings (SSSR count). The summed E-state index contributed by atoms with van der Waals surface area (Å²) in [7, 11) is 0. The minimum Gasteiger partial charge on any atom is -0.366 e. The van der Waals surface area contributed by atoms with Crippen molar-refractivity contribution in [1.29, 1.82) is 0 Å². The number of carbonyl (C=O) groups excluding carboxylic acids is 2. The van der Waals surface area contributed by atoms with Gasteiger partial charge in [-0.25, -0.2) is 4.98 Å². The smallest absolute Gasteiger partial charge is 0.295 e. The molecule has 2 heterocycles. The van der Waals surface area contributed by atoms with Crippen LogP contribution < -0.4 is 11.1 Å². The Morgan fingerprint density at radius 2 is 2.33 bits per heavy atom. The molecule has 0 aliphatic rings. The molecule has 94 valence electrons. The third kappa shape index (κ3) is 2.38. The van der Waals surface area contributed by atoms with E-state index >= 15 is 0 Å². The number of carbonyl (C=O) groups is 2. The minimum absolute atomic E-state index is 0.0377. The van der Waals surface area contributed by atoms with E-state index in [4.69, 9.17) is 5.73 Å². The summed E-state index contributed by atoms with van der Waals surface area (Å²) in [6.45, 7) is 1.90. The second-order valence-electron chi connectivity index (χ2n) is 3.44. The number of nitrogens with two attached hydrogens (primary N) is 1. The highest BCUT2D eigenvalue weighted by atomic mass is 32.1. The van der Waals surface area contributed by atoms with Gasteiger partial charge in [0.15, 0.2) is 0 Å². The molecular formula is C10H11N5O2S. The highest BCUT2D eigenvalue weighted by Gasteiger charge is 2.16. The molecule has 4 N–H and O–H groups in total. The standard InChI is InChI=1S/C10H11N5O2S/c1-2-6-12-8(15-14-6)9(17)13-10-5(7(11)16)3-4-18-10/h3-4H,2H2,1H3,(H2,11,16)(H,13,17)(H,12,14,15). The lowest BCUT2D eigenvalue weighted by Gasteiger charge is -2.00. The highest BCUT2D eigenvalue weighted by molar-refractivity contribution is 7.14. The normalized spacial score (nSPS) is 10.3. The number of hydrogen-bond donors (Lipinski definition) is 3. The molecule has 0 aliphatic carbocycles. The van der Waals surface area contributed by atoms with Crippen LogP contribution in [0.1, 0.15) is 33.7 Å². The lowest BCUT2D eigenvalue weighted by atomic mass is 10.3. The van der Waals surface area contributed by atoms with Crippen molar-refractivity contribution >= 4 is 28.2 Å². The number of H-pyrrole nitrogens is 1. The van der Waals surface area contributed by atoms with Crippen LogP contribution in [-0.4, -0.2) is 27.0 Å². The van der Waals surface area contributed by atoms with Gasteiger partial charge in [-0.3, -0.25) is 14.7 Å². The van der Waals surface area contributed by atoms with Gasteiger partial charge >= 0.3 is 0 Å². The lowest BCUT2D eigenvalue weighted by molar-refractivity contribution is 0.100. The van der Waals surface area contributed by atoms with Gasteiger partial charge < -0.3 is 11.1 Å². The van der Waals surface area contributed by atoms with E-state index in [1.54, 1.807) is 11.4 Å². The first kappa shape index (κ1) is 12.2. The largest absolute Gasteiger partial charge is 0.366 e. The van der Waals surface area contributed by atoms with Crippen molar-refractivity contribution < 1.29 is 9.59 Å². The third-order valence-corrected chi connectivity index (χ3v) is 3.06. The Morgan fingerprint density at radius 3 is 2.94 bits per heavy atom. The number of aromatic amines is 1. The maximum atomic E-state index is 11.8. The fraction of sp³-hybridized carbons (Fsp3) is 0.200. The summed E-state index contributed by atoms with van der Waals surface area (Å²) >= 11 is 1.21. The van der Waals surface area contributed by atoms with E-state index in [9.17, 15) is 9.59 Å². The maximum Gasteiger partial charge on any atom is 0.295 e. The molecule has 2 aromatic heterocycles. The van der Waals surface area contributed by atoms with Crippen LogP contribution in [0.2, 0.25) is 0 Å². The first-order valence-electron chi connectivity index (χ1n) is 5.21. The lowest BCUT2D eigenvalue weighted by Crippen LogP contribution is -2.17.